The molecule has 0 spiro atoms. The van der Waals surface area contributed by atoms with Crippen LogP contribution in [-0.4, -0.2) is 11.1 Å². The Kier molecular flexibility index (Phi) is 5.10. The second-order valence-corrected chi connectivity index (χ2v) is 7.05. The SMILES string of the molecule is CC(C)Cn1cc(CCN)c2ccc(-c3ccc(C(F)(F)F)cc3)cc21. The first-order chi connectivity index (χ1) is 12.3. The molecule has 138 valence electrons. The summed E-state index contributed by atoms with van der Waals surface area (Å²) in [6, 6.07) is 11.4. The number of aromatic nitrogens is 1. The van der Waals surface area contributed by atoms with Crippen molar-refractivity contribution in [3.8, 4) is 11.1 Å². The van der Waals surface area contributed by atoms with Crippen LogP contribution in [0.2, 0.25) is 0 Å². The summed E-state index contributed by atoms with van der Waals surface area (Å²) in [5.41, 5.74) is 9.10. The summed E-state index contributed by atoms with van der Waals surface area (Å²) in [6.07, 6.45) is -1.36. The molecule has 26 heavy (non-hydrogen) atoms. The minimum atomic E-state index is -4.31. The van der Waals surface area contributed by atoms with Gasteiger partial charge in [0.15, 0.2) is 0 Å². The Morgan fingerprint density at radius 3 is 2.23 bits per heavy atom. The van der Waals surface area contributed by atoms with Crippen molar-refractivity contribution in [2.45, 2.75) is 33.0 Å². The zero-order valence-electron chi connectivity index (χ0n) is 15.0. The zero-order valence-corrected chi connectivity index (χ0v) is 15.0. The van der Waals surface area contributed by atoms with Gasteiger partial charge in [0.1, 0.15) is 0 Å². The Bertz CT molecular complexity index is 890. The fourth-order valence-corrected chi connectivity index (χ4v) is 3.30. The molecule has 0 saturated carbocycles. The summed E-state index contributed by atoms with van der Waals surface area (Å²) in [6.45, 7) is 5.79. The van der Waals surface area contributed by atoms with E-state index in [1.165, 1.54) is 17.7 Å². The number of halogens is 3. The van der Waals surface area contributed by atoms with Crippen molar-refractivity contribution in [3.05, 3.63) is 59.8 Å². The first-order valence-electron chi connectivity index (χ1n) is 8.79. The lowest BCUT2D eigenvalue weighted by Crippen LogP contribution is -2.04. The van der Waals surface area contributed by atoms with Crippen molar-refractivity contribution in [2.24, 2.45) is 11.7 Å². The summed E-state index contributed by atoms with van der Waals surface area (Å²) < 4.78 is 40.5. The van der Waals surface area contributed by atoms with Gasteiger partial charge in [-0.25, -0.2) is 0 Å². The van der Waals surface area contributed by atoms with Crippen LogP contribution < -0.4 is 5.73 Å². The van der Waals surface area contributed by atoms with E-state index in [0.717, 1.165) is 47.1 Å². The van der Waals surface area contributed by atoms with Crippen LogP contribution in [0.3, 0.4) is 0 Å². The molecule has 0 radical (unpaired) electrons. The van der Waals surface area contributed by atoms with Crippen molar-refractivity contribution in [1.29, 1.82) is 0 Å². The zero-order chi connectivity index (χ0) is 18.9. The van der Waals surface area contributed by atoms with Crippen molar-refractivity contribution in [1.82, 2.24) is 4.57 Å². The third-order valence-corrected chi connectivity index (χ3v) is 4.49. The van der Waals surface area contributed by atoms with E-state index in [0.29, 0.717) is 12.5 Å². The number of nitrogens with zero attached hydrogens (tertiary/aromatic N) is 1. The molecule has 5 heteroatoms. The van der Waals surface area contributed by atoms with Gasteiger partial charge in [-0.1, -0.05) is 38.1 Å². The van der Waals surface area contributed by atoms with E-state index < -0.39 is 11.7 Å². The fraction of sp³-hybridized carbons (Fsp3) is 0.333. The quantitative estimate of drug-likeness (QED) is 0.641. The molecule has 2 aromatic carbocycles. The molecule has 0 aliphatic carbocycles. The lowest BCUT2D eigenvalue weighted by molar-refractivity contribution is -0.137. The molecule has 3 aromatic rings. The first kappa shape index (κ1) is 18.5. The van der Waals surface area contributed by atoms with Crippen LogP contribution in [0, 0.1) is 5.92 Å². The Balaban J connectivity index is 2.05. The highest BCUT2D eigenvalue weighted by Crippen LogP contribution is 2.32. The van der Waals surface area contributed by atoms with Crippen LogP contribution in [0.4, 0.5) is 13.2 Å². The topological polar surface area (TPSA) is 30.9 Å². The van der Waals surface area contributed by atoms with Gasteiger partial charge in [-0.3, -0.25) is 0 Å². The van der Waals surface area contributed by atoms with Gasteiger partial charge >= 0.3 is 6.18 Å². The number of fused-ring (bicyclic) bond motifs is 1. The van der Waals surface area contributed by atoms with Crippen molar-refractivity contribution < 1.29 is 13.2 Å². The molecule has 3 rings (SSSR count). The van der Waals surface area contributed by atoms with E-state index >= 15 is 0 Å². The molecule has 0 saturated heterocycles. The molecule has 1 aromatic heterocycles. The van der Waals surface area contributed by atoms with Gasteiger partial charge in [0.25, 0.3) is 0 Å². The number of benzene rings is 2. The van der Waals surface area contributed by atoms with E-state index in [4.69, 9.17) is 5.73 Å². The predicted molar refractivity (Wildman–Crippen MR) is 100.0 cm³/mol. The third-order valence-electron chi connectivity index (χ3n) is 4.49. The first-order valence-corrected chi connectivity index (χ1v) is 8.79. The molecule has 2 N–H and O–H groups in total. The Hall–Kier alpha value is -2.27. The van der Waals surface area contributed by atoms with Crippen LogP contribution in [-0.2, 0) is 19.1 Å². The van der Waals surface area contributed by atoms with Gasteiger partial charge in [-0.05, 0) is 53.8 Å². The third kappa shape index (κ3) is 3.78. The molecule has 2 nitrogen and oxygen atoms in total. The van der Waals surface area contributed by atoms with Crippen molar-refractivity contribution in [2.75, 3.05) is 6.54 Å². The highest BCUT2D eigenvalue weighted by Gasteiger charge is 2.30. The summed E-state index contributed by atoms with van der Waals surface area (Å²) in [5.74, 6) is 0.492. The van der Waals surface area contributed by atoms with Crippen molar-refractivity contribution >= 4 is 10.9 Å². The van der Waals surface area contributed by atoms with Gasteiger partial charge in [-0.2, -0.15) is 13.2 Å². The Morgan fingerprint density at radius 1 is 1.00 bits per heavy atom. The minimum absolute atomic E-state index is 0.492. The van der Waals surface area contributed by atoms with Crippen molar-refractivity contribution in [3.63, 3.8) is 0 Å². The molecular formula is C21H23F3N2. The van der Waals surface area contributed by atoms with Gasteiger partial charge in [0.05, 0.1) is 5.56 Å². The van der Waals surface area contributed by atoms with Crippen LogP contribution in [0.1, 0.15) is 25.0 Å². The highest BCUT2D eigenvalue weighted by molar-refractivity contribution is 5.88. The summed E-state index contributed by atoms with van der Waals surface area (Å²) in [4.78, 5) is 0. The van der Waals surface area contributed by atoms with E-state index in [1.54, 1.807) is 0 Å². The maximum atomic E-state index is 12.8. The standard InChI is InChI=1S/C21H23F3N2/c1-14(2)12-26-13-17(9-10-25)19-8-5-16(11-20(19)26)15-3-6-18(7-4-15)21(22,23)24/h3-8,11,13-14H,9-10,12,25H2,1-2H3. The summed E-state index contributed by atoms with van der Waals surface area (Å²) in [5, 5.41) is 1.16. The van der Waals surface area contributed by atoms with Crippen LogP contribution in [0.5, 0.6) is 0 Å². The van der Waals surface area contributed by atoms with Gasteiger partial charge < -0.3 is 10.3 Å². The Morgan fingerprint density at radius 2 is 1.65 bits per heavy atom. The molecule has 1 heterocycles. The minimum Gasteiger partial charge on any atom is -0.347 e. The molecule has 0 bridgehead atoms. The maximum absolute atomic E-state index is 12.8. The number of rotatable bonds is 5. The second kappa shape index (κ2) is 7.16. The molecule has 0 fully saturated rings. The Labute approximate surface area is 151 Å². The number of hydrogen-bond acceptors (Lipinski definition) is 1. The summed E-state index contributed by atoms with van der Waals surface area (Å²) in [7, 11) is 0. The van der Waals surface area contributed by atoms with E-state index in [9.17, 15) is 13.2 Å². The normalized spacial score (nSPS) is 12.3. The molecule has 0 unspecified atom stereocenters. The molecule has 0 atom stereocenters. The maximum Gasteiger partial charge on any atom is 0.416 e. The van der Waals surface area contributed by atoms with E-state index in [1.807, 2.05) is 12.1 Å². The number of alkyl halides is 3. The average Bonchev–Trinajstić information content (AvgIpc) is 2.91. The van der Waals surface area contributed by atoms with Crippen LogP contribution in [0.25, 0.3) is 22.0 Å². The van der Waals surface area contributed by atoms with Crippen LogP contribution in [0.15, 0.2) is 48.7 Å². The molecule has 0 aliphatic heterocycles. The highest BCUT2D eigenvalue weighted by atomic mass is 19.4. The smallest absolute Gasteiger partial charge is 0.347 e. The number of hydrogen-bond donors (Lipinski definition) is 1. The summed E-state index contributed by atoms with van der Waals surface area (Å²) >= 11 is 0. The average molecular weight is 360 g/mol. The lowest BCUT2D eigenvalue weighted by atomic mass is 10.0. The second-order valence-electron chi connectivity index (χ2n) is 7.05. The van der Waals surface area contributed by atoms with Crippen LogP contribution >= 0.6 is 0 Å². The monoisotopic (exact) mass is 360 g/mol. The van der Waals surface area contributed by atoms with Gasteiger partial charge in [0, 0.05) is 23.6 Å². The van der Waals surface area contributed by atoms with E-state index in [2.05, 4.69) is 30.7 Å². The van der Waals surface area contributed by atoms with E-state index in [-0.39, 0.29) is 0 Å². The number of nitrogens with two attached hydrogens (primary N) is 1. The van der Waals surface area contributed by atoms with Gasteiger partial charge in [-0.15, -0.1) is 0 Å². The molecular weight excluding hydrogens is 337 g/mol. The lowest BCUT2D eigenvalue weighted by Gasteiger charge is -2.10. The predicted octanol–water partition coefficient (Wildman–Crippen LogP) is 5.48. The largest absolute Gasteiger partial charge is 0.416 e. The van der Waals surface area contributed by atoms with Gasteiger partial charge in [0.2, 0.25) is 0 Å². The molecule has 0 amide bonds. The fourth-order valence-electron chi connectivity index (χ4n) is 3.30. The molecule has 0 aliphatic rings.